The smallest absolute Gasteiger partial charge is 0.150 e. The Morgan fingerprint density at radius 1 is 1.41 bits per heavy atom. The fourth-order valence-corrected chi connectivity index (χ4v) is 2.35. The zero-order valence-corrected chi connectivity index (χ0v) is 11.0. The van der Waals surface area contributed by atoms with Crippen LogP contribution in [0.2, 0.25) is 0 Å². The summed E-state index contributed by atoms with van der Waals surface area (Å²) in [5.74, 6) is 0. The van der Waals surface area contributed by atoms with Crippen LogP contribution in [0, 0.1) is 0 Å². The van der Waals surface area contributed by atoms with Gasteiger partial charge in [0.2, 0.25) is 0 Å². The van der Waals surface area contributed by atoms with E-state index in [2.05, 4.69) is 20.8 Å². The van der Waals surface area contributed by atoms with E-state index in [1.54, 1.807) is 18.6 Å². The molecule has 17 heavy (non-hydrogen) atoms. The Kier molecular flexibility index (Phi) is 3.64. The average Bonchev–Trinajstić information content (AvgIpc) is 2.81. The molecule has 1 heterocycles. The van der Waals surface area contributed by atoms with Gasteiger partial charge in [0, 0.05) is 29.2 Å². The van der Waals surface area contributed by atoms with E-state index in [1.165, 1.54) is 0 Å². The minimum Gasteiger partial charge on any atom is -0.472 e. The van der Waals surface area contributed by atoms with Crippen LogP contribution >= 0.6 is 15.9 Å². The molecule has 0 N–H and O–H groups in total. The highest BCUT2D eigenvalue weighted by molar-refractivity contribution is 9.10. The monoisotopic (exact) mass is 293 g/mol. The normalized spacial score (nSPS) is 10.2. The fraction of sp³-hybridized carbons (Fsp3) is 0.154. The van der Waals surface area contributed by atoms with Crippen LogP contribution in [0.5, 0.6) is 0 Å². The Morgan fingerprint density at radius 2 is 2.24 bits per heavy atom. The van der Waals surface area contributed by atoms with Crippen LogP contribution in [0.3, 0.4) is 0 Å². The molecule has 3 nitrogen and oxygen atoms in total. The van der Waals surface area contributed by atoms with Crippen molar-refractivity contribution in [3.8, 4) is 0 Å². The number of hydrogen-bond donors (Lipinski definition) is 0. The minimum absolute atomic E-state index is 0.664. The van der Waals surface area contributed by atoms with Crippen molar-refractivity contribution in [2.45, 2.75) is 6.54 Å². The lowest BCUT2D eigenvalue weighted by molar-refractivity contribution is 0.112. The second-order valence-corrected chi connectivity index (χ2v) is 4.67. The van der Waals surface area contributed by atoms with Crippen LogP contribution in [0.4, 0.5) is 5.69 Å². The SMILES string of the molecule is CN(Cc1ccoc1)c1ccc(C=O)cc1Br. The van der Waals surface area contributed by atoms with Gasteiger partial charge >= 0.3 is 0 Å². The maximum Gasteiger partial charge on any atom is 0.150 e. The zero-order valence-electron chi connectivity index (χ0n) is 9.39. The summed E-state index contributed by atoms with van der Waals surface area (Å²) in [6, 6.07) is 7.48. The molecule has 88 valence electrons. The Morgan fingerprint density at radius 3 is 2.82 bits per heavy atom. The Labute approximate surface area is 108 Å². The molecule has 1 aromatic heterocycles. The summed E-state index contributed by atoms with van der Waals surface area (Å²) in [6.07, 6.45) is 4.22. The van der Waals surface area contributed by atoms with Crippen molar-refractivity contribution >= 4 is 27.9 Å². The lowest BCUT2D eigenvalue weighted by atomic mass is 10.2. The molecule has 0 aliphatic carbocycles. The summed E-state index contributed by atoms with van der Waals surface area (Å²) in [6.45, 7) is 0.759. The van der Waals surface area contributed by atoms with Gasteiger partial charge in [0.15, 0.2) is 0 Å². The van der Waals surface area contributed by atoms with Crippen molar-refractivity contribution in [3.05, 3.63) is 52.4 Å². The summed E-state index contributed by atoms with van der Waals surface area (Å²) in [5.41, 5.74) is 2.81. The molecule has 0 bridgehead atoms. The second-order valence-electron chi connectivity index (χ2n) is 3.82. The van der Waals surface area contributed by atoms with Gasteiger partial charge in [0.1, 0.15) is 6.29 Å². The van der Waals surface area contributed by atoms with Crippen LogP contribution in [-0.4, -0.2) is 13.3 Å². The second kappa shape index (κ2) is 5.19. The van der Waals surface area contributed by atoms with E-state index in [1.807, 2.05) is 25.2 Å². The molecule has 0 atom stereocenters. The Balaban J connectivity index is 2.19. The van der Waals surface area contributed by atoms with Gasteiger partial charge in [0.25, 0.3) is 0 Å². The standard InChI is InChI=1S/C13H12BrNO2/c1-15(7-11-4-5-17-9-11)13-3-2-10(8-16)6-12(13)14/h2-6,8-9H,7H2,1H3. The van der Waals surface area contributed by atoms with Crippen molar-refractivity contribution in [2.24, 2.45) is 0 Å². The van der Waals surface area contributed by atoms with Gasteiger partial charge in [-0.15, -0.1) is 0 Å². The molecule has 2 aromatic rings. The highest BCUT2D eigenvalue weighted by Crippen LogP contribution is 2.27. The Bertz CT molecular complexity index is 508. The first-order chi connectivity index (χ1) is 8.20. The molecule has 0 fully saturated rings. The highest BCUT2D eigenvalue weighted by atomic mass is 79.9. The molecule has 0 saturated heterocycles. The van der Waals surface area contributed by atoms with Gasteiger partial charge in [-0.3, -0.25) is 4.79 Å². The number of rotatable bonds is 4. The van der Waals surface area contributed by atoms with Gasteiger partial charge in [-0.25, -0.2) is 0 Å². The number of aldehydes is 1. The Hall–Kier alpha value is -1.55. The third-order valence-electron chi connectivity index (χ3n) is 2.52. The van der Waals surface area contributed by atoms with E-state index in [4.69, 9.17) is 4.42 Å². The summed E-state index contributed by atoms with van der Waals surface area (Å²) in [5, 5.41) is 0. The topological polar surface area (TPSA) is 33.5 Å². The van der Waals surface area contributed by atoms with Gasteiger partial charge in [-0.05, 0) is 40.2 Å². The van der Waals surface area contributed by atoms with Gasteiger partial charge in [0.05, 0.1) is 18.2 Å². The van der Waals surface area contributed by atoms with Crippen molar-refractivity contribution in [1.29, 1.82) is 0 Å². The average molecular weight is 294 g/mol. The molecule has 0 aliphatic heterocycles. The van der Waals surface area contributed by atoms with Crippen LogP contribution in [0.15, 0.2) is 45.7 Å². The number of carbonyl (C=O) groups excluding carboxylic acids is 1. The van der Waals surface area contributed by atoms with E-state index in [9.17, 15) is 4.79 Å². The van der Waals surface area contributed by atoms with Crippen LogP contribution in [-0.2, 0) is 6.54 Å². The number of furan rings is 1. The number of anilines is 1. The van der Waals surface area contributed by atoms with Gasteiger partial charge in [-0.2, -0.15) is 0 Å². The molecule has 4 heteroatoms. The number of benzene rings is 1. The van der Waals surface area contributed by atoms with Crippen molar-refractivity contribution < 1.29 is 9.21 Å². The molecule has 0 radical (unpaired) electrons. The molecule has 0 saturated carbocycles. The minimum atomic E-state index is 0.664. The summed E-state index contributed by atoms with van der Waals surface area (Å²) >= 11 is 3.47. The fourth-order valence-electron chi connectivity index (χ4n) is 1.65. The molecule has 0 amide bonds. The highest BCUT2D eigenvalue weighted by Gasteiger charge is 2.07. The lowest BCUT2D eigenvalue weighted by Gasteiger charge is -2.20. The first-order valence-electron chi connectivity index (χ1n) is 5.17. The first-order valence-corrected chi connectivity index (χ1v) is 5.97. The largest absolute Gasteiger partial charge is 0.472 e. The van der Waals surface area contributed by atoms with Crippen LogP contribution in [0.1, 0.15) is 15.9 Å². The number of nitrogens with zero attached hydrogens (tertiary/aromatic N) is 1. The first kappa shape index (κ1) is 11.9. The van der Waals surface area contributed by atoms with E-state index < -0.39 is 0 Å². The zero-order chi connectivity index (χ0) is 12.3. The van der Waals surface area contributed by atoms with Crippen LogP contribution in [0.25, 0.3) is 0 Å². The molecular weight excluding hydrogens is 282 g/mol. The molecule has 0 spiro atoms. The van der Waals surface area contributed by atoms with Crippen LogP contribution < -0.4 is 4.90 Å². The number of hydrogen-bond acceptors (Lipinski definition) is 3. The maximum absolute atomic E-state index is 10.6. The lowest BCUT2D eigenvalue weighted by Crippen LogP contribution is -2.16. The summed E-state index contributed by atoms with van der Waals surface area (Å²) in [7, 11) is 1.99. The molecule has 1 aromatic carbocycles. The van der Waals surface area contributed by atoms with E-state index in [0.29, 0.717) is 5.56 Å². The van der Waals surface area contributed by atoms with Crippen molar-refractivity contribution in [2.75, 3.05) is 11.9 Å². The summed E-state index contributed by atoms with van der Waals surface area (Å²) < 4.78 is 5.94. The third kappa shape index (κ3) is 2.77. The van der Waals surface area contributed by atoms with Gasteiger partial charge in [-0.1, -0.05) is 0 Å². The number of halogens is 1. The van der Waals surface area contributed by atoms with Crippen molar-refractivity contribution in [1.82, 2.24) is 0 Å². The van der Waals surface area contributed by atoms with E-state index in [-0.39, 0.29) is 0 Å². The van der Waals surface area contributed by atoms with Crippen molar-refractivity contribution in [3.63, 3.8) is 0 Å². The predicted molar refractivity (Wildman–Crippen MR) is 70.3 cm³/mol. The molecule has 0 aliphatic rings. The molecular formula is C13H12BrNO2. The predicted octanol–water partition coefficient (Wildman–Crippen LogP) is 3.49. The quantitative estimate of drug-likeness (QED) is 0.809. The van der Waals surface area contributed by atoms with E-state index in [0.717, 1.165) is 28.6 Å². The van der Waals surface area contributed by atoms with E-state index >= 15 is 0 Å². The number of carbonyl (C=O) groups is 1. The molecule has 2 rings (SSSR count). The molecule has 0 unspecified atom stereocenters. The maximum atomic E-state index is 10.6. The third-order valence-corrected chi connectivity index (χ3v) is 3.15. The van der Waals surface area contributed by atoms with Gasteiger partial charge < -0.3 is 9.32 Å². The summed E-state index contributed by atoms with van der Waals surface area (Å²) in [4.78, 5) is 12.7.